The van der Waals surface area contributed by atoms with E-state index in [1.165, 1.54) is 19.0 Å². The minimum absolute atomic E-state index is 0.292. The molecule has 1 fully saturated rings. The van der Waals surface area contributed by atoms with Gasteiger partial charge in [0.25, 0.3) is 0 Å². The molecule has 0 spiro atoms. The van der Waals surface area contributed by atoms with E-state index in [2.05, 4.69) is 10.00 Å². The molecule has 6 nitrogen and oxygen atoms in total. The Morgan fingerprint density at radius 3 is 2.94 bits per heavy atom. The maximum atomic E-state index is 11.1. The SMILES string of the molecule is COCCN(Cc1c(C(=O)O)cnn1C)C1CC1. The fourth-order valence-electron chi connectivity index (χ4n) is 2.06. The van der Waals surface area contributed by atoms with Crippen molar-refractivity contribution in [2.45, 2.75) is 25.4 Å². The van der Waals surface area contributed by atoms with Gasteiger partial charge in [-0.1, -0.05) is 0 Å². The lowest BCUT2D eigenvalue weighted by Crippen LogP contribution is -2.30. The third-order valence-electron chi connectivity index (χ3n) is 3.29. The number of aromatic carboxylic acids is 1. The molecule has 0 radical (unpaired) electrons. The molecule has 1 aromatic heterocycles. The molecule has 1 heterocycles. The van der Waals surface area contributed by atoms with Crippen LogP contribution in [0.5, 0.6) is 0 Å². The van der Waals surface area contributed by atoms with Crippen LogP contribution in [0.4, 0.5) is 0 Å². The van der Waals surface area contributed by atoms with Gasteiger partial charge in [0, 0.05) is 33.3 Å². The van der Waals surface area contributed by atoms with Crippen molar-refractivity contribution < 1.29 is 14.6 Å². The van der Waals surface area contributed by atoms with Crippen LogP contribution in [0.25, 0.3) is 0 Å². The highest BCUT2D eigenvalue weighted by atomic mass is 16.5. The predicted octanol–water partition coefficient (Wildman–Crippen LogP) is 0.729. The van der Waals surface area contributed by atoms with Gasteiger partial charge in [-0.3, -0.25) is 9.58 Å². The Hall–Kier alpha value is -1.40. The zero-order valence-electron chi connectivity index (χ0n) is 10.8. The van der Waals surface area contributed by atoms with Crippen molar-refractivity contribution in [3.8, 4) is 0 Å². The van der Waals surface area contributed by atoms with E-state index in [-0.39, 0.29) is 0 Å². The highest BCUT2D eigenvalue weighted by Crippen LogP contribution is 2.28. The van der Waals surface area contributed by atoms with E-state index in [1.807, 2.05) is 0 Å². The van der Waals surface area contributed by atoms with Gasteiger partial charge in [0.05, 0.1) is 18.5 Å². The number of aromatic nitrogens is 2. The van der Waals surface area contributed by atoms with Crippen LogP contribution in [-0.2, 0) is 18.3 Å². The van der Waals surface area contributed by atoms with Gasteiger partial charge in [-0.05, 0) is 12.8 Å². The van der Waals surface area contributed by atoms with Crippen LogP contribution in [0.1, 0.15) is 28.9 Å². The monoisotopic (exact) mass is 253 g/mol. The average molecular weight is 253 g/mol. The van der Waals surface area contributed by atoms with Crippen molar-refractivity contribution in [2.24, 2.45) is 7.05 Å². The van der Waals surface area contributed by atoms with Gasteiger partial charge in [-0.25, -0.2) is 4.79 Å². The van der Waals surface area contributed by atoms with Crippen LogP contribution in [-0.4, -0.2) is 52.1 Å². The molecule has 1 aliphatic rings. The fourth-order valence-corrected chi connectivity index (χ4v) is 2.06. The lowest BCUT2D eigenvalue weighted by Gasteiger charge is -2.21. The summed E-state index contributed by atoms with van der Waals surface area (Å²) in [5, 5.41) is 13.2. The van der Waals surface area contributed by atoms with E-state index in [0.717, 1.165) is 12.2 Å². The number of hydrogen-bond donors (Lipinski definition) is 1. The van der Waals surface area contributed by atoms with E-state index < -0.39 is 5.97 Å². The van der Waals surface area contributed by atoms with Crippen LogP contribution in [0.3, 0.4) is 0 Å². The number of aryl methyl sites for hydroxylation is 1. The van der Waals surface area contributed by atoms with E-state index in [9.17, 15) is 4.79 Å². The van der Waals surface area contributed by atoms with Gasteiger partial charge >= 0.3 is 5.97 Å². The van der Waals surface area contributed by atoms with Crippen LogP contribution < -0.4 is 0 Å². The van der Waals surface area contributed by atoms with Crippen molar-refractivity contribution in [1.82, 2.24) is 14.7 Å². The second-order valence-electron chi connectivity index (χ2n) is 4.63. The molecule has 1 aliphatic carbocycles. The number of carboxylic acids is 1. The van der Waals surface area contributed by atoms with Crippen LogP contribution in [0.2, 0.25) is 0 Å². The summed E-state index contributed by atoms with van der Waals surface area (Å²) in [6.07, 6.45) is 3.78. The second kappa shape index (κ2) is 5.49. The molecule has 0 saturated heterocycles. The quantitative estimate of drug-likeness (QED) is 0.776. The zero-order chi connectivity index (χ0) is 13.1. The molecule has 2 rings (SSSR count). The smallest absolute Gasteiger partial charge is 0.339 e. The summed E-state index contributed by atoms with van der Waals surface area (Å²) in [5.74, 6) is -0.916. The van der Waals surface area contributed by atoms with E-state index in [0.29, 0.717) is 24.8 Å². The highest BCUT2D eigenvalue weighted by Gasteiger charge is 2.30. The molecule has 18 heavy (non-hydrogen) atoms. The summed E-state index contributed by atoms with van der Waals surface area (Å²) in [7, 11) is 3.46. The molecular weight excluding hydrogens is 234 g/mol. The van der Waals surface area contributed by atoms with E-state index >= 15 is 0 Å². The molecule has 0 aromatic carbocycles. The molecule has 100 valence electrons. The van der Waals surface area contributed by atoms with Crippen LogP contribution in [0, 0.1) is 0 Å². The van der Waals surface area contributed by atoms with Gasteiger partial charge in [0.2, 0.25) is 0 Å². The molecule has 1 aromatic rings. The van der Waals surface area contributed by atoms with Crippen molar-refractivity contribution >= 4 is 5.97 Å². The van der Waals surface area contributed by atoms with Crippen molar-refractivity contribution in [3.05, 3.63) is 17.5 Å². The molecule has 1 N–H and O–H groups in total. The molecular formula is C12H19N3O3. The summed E-state index contributed by atoms with van der Waals surface area (Å²) in [6, 6.07) is 0.566. The topological polar surface area (TPSA) is 67.6 Å². The van der Waals surface area contributed by atoms with Gasteiger partial charge in [-0.2, -0.15) is 5.10 Å². The van der Waals surface area contributed by atoms with Gasteiger partial charge in [0.15, 0.2) is 0 Å². The Kier molecular flexibility index (Phi) is 3.98. The largest absolute Gasteiger partial charge is 0.478 e. The lowest BCUT2D eigenvalue weighted by molar-refractivity contribution is 0.0693. The van der Waals surface area contributed by atoms with Gasteiger partial charge in [-0.15, -0.1) is 0 Å². The third-order valence-corrected chi connectivity index (χ3v) is 3.29. The average Bonchev–Trinajstić information content (AvgIpc) is 3.10. The fraction of sp³-hybridized carbons (Fsp3) is 0.667. The number of rotatable bonds is 7. The number of nitrogens with zero attached hydrogens (tertiary/aromatic N) is 3. The summed E-state index contributed by atoms with van der Waals surface area (Å²) in [6.45, 7) is 2.11. The lowest BCUT2D eigenvalue weighted by atomic mass is 10.2. The third kappa shape index (κ3) is 2.88. The highest BCUT2D eigenvalue weighted by molar-refractivity contribution is 5.88. The first-order chi connectivity index (χ1) is 8.63. The van der Waals surface area contributed by atoms with Crippen LogP contribution in [0.15, 0.2) is 6.20 Å². The normalized spacial score (nSPS) is 15.3. The molecule has 6 heteroatoms. The number of ether oxygens (including phenoxy) is 1. The number of carbonyl (C=O) groups is 1. The maximum Gasteiger partial charge on any atom is 0.339 e. The molecule has 0 unspecified atom stereocenters. The molecule has 0 aliphatic heterocycles. The molecule has 0 atom stereocenters. The standard InChI is InChI=1S/C12H19N3O3/c1-14-11(10(7-13-14)12(16)17)8-15(5-6-18-2)9-3-4-9/h7,9H,3-6,8H2,1-2H3,(H,16,17). The first-order valence-corrected chi connectivity index (χ1v) is 6.10. The number of methoxy groups -OCH3 is 1. The molecule has 1 saturated carbocycles. The summed E-state index contributed by atoms with van der Waals surface area (Å²) < 4.78 is 6.74. The predicted molar refractivity (Wildman–Crippen MR) is 65.5 cm³/mol. The Morgan fingerprint density at radius 2 is 2.39 bits per heavy atom. The first kappa shape index (κ1) is 13.0. The first-order valence-electron chi connectivity index (χ1n) is 6.10. The molecule has 0 bridgehead atoms. The number of hydrogen-bond acceptors (Lipinski definition) is 4. The van der Waals surface area contributed by atoms with Crippen molar-refractivity contribution in [1.29, 1.82) is 0 Å². The van der Waals surface area contributed by atoms with E-state index in [4.69, 9.17) is 9.84 Å². The van der Waals surface area contributed by atoms with Gasteiger partial charge in [0.1, 0.15) is 5.56 Å². The molecule has 0 amide bonds. The van der Waals surface area contributed by atoms with E-state index in [1.54, 1.807) is 18.8 Å². The van der Waals surface area contributed by atoms with Crippen LogP contribution >= 0.6 is 0 Å². The minimum atomic E-state index is -0.916. The Balaban J connectivity index is 2.10. The minimum Gasteiger partial charge on any atom is -0.478 e. The number of carboxylic acid groups (broad SMARTS) is 1. The second-order valence-corrected chi connectivity index (χ2v) is 4.63. The Labute approximate surface area is 106 Å². The van der Waals surface area contributed by atoms with Crippen molar-refractivity contribution in [3.63, 3.8) is 0 Å². The summed E-state index contributed by atoms with van der Waals surface area (Å²) in [5.41, 5.74) is 1.05. The summed E-state index contributed by atoms with van der Waals surface area (Å²) >= 11 is 0. The zero-order valence-corrected chi connectivity index (χ0v) is 10.8. The summed E-state index contributed by atoms with van der Waals surface area (Å²) in [4.78, 5) is 13.4. The van der Waals surface area contributed by atoms with Gasteiger partial charge < -0.3 is 9.84 Å². The maximum absolute atomic E-state index is 11.1. The Morgan fingerprint density at radius 1 is 1.67 bits per heavy atom. The van der Waals surface area contributed by atoms with Crippen molar-refractivity contribution in [2.75, 3.05) is 20.3 Å². The Bertz CT molecular complexity index is 426.